The molecule has 1 aliphatic heterocycles. The van der Waals surface area contributed by atoms with Crippen LogP contribution in [0.15, 0.2) is 35.1 Å². The third-order valence-electron chi connectivity index (χ3n) is 5.88. The van der Waals surface area contributed by atoms with E-state index in [-0.39, 0.29) is 18.3 Å². The molecular weight excluding hydrogens is 432 g/mol. The predicted octanol–water partition coefficient (Wildman–Crippen LogP) is 3.75. The molecule has 0 unspecified atom stereocenters. The van der Waals surface area contributed by atoms with E-state index in [4.69, 9.17) is 11.3 Å². The summed E-state index contributed by atoms with van der Waals surface area (Å²) >= 11 is 0. The first-order valence-electron chi connectivity index (χ1n) is 11.3. The fraction of sp³-hybridized carbons (Fsp3) is 0.440. The van der Waals surface area contributed by atoms with Crippen molar-refractivity contribution >= 4 is 28.6 Å². The quantitative estimate of drug-likeness (QED) is 0.597. The fourth-order valence-electron chi connectivity index (χ4n) is 4.38. The molecule has 0 radical (unpaired) electrons. The number of hydrogen-bond donors (Lipinski definition) is 1. The number of amides is 1. The largest absolute Gasteiger partial charge is 0.444 e. The molecule has 0 saturated carbocycles. The maximum Gasteiger partial charge on any atom is 0.407 e. The molecule has 1 aliphatic rings. The highest BCUT2D eigenvalue weighted by molar-refractivity contribution is 5.88. The number of aryl methyl sites for hydroxylation is 2. The number of rotatable bonds is 4. The second kappa shape index (κ2) is 8.86. The molecule has 4 rings (SSSR count). The number of carbonyl (C=O) groups excluding carboxylic acids is 1. The van der Waals surface area contributed by atoms with Gasteiger partial charge in [-0.3, -0.25) is 9.13 Å². The van der Waals surface area contributed by atoms with Crippen LogP contribution in [0.1, 0.15) is 38.4 Å². The van der Waals surface area contributed by atoms with E-state index in [0.717, 1.165) is 35.4 Å². The summed E-state index contributed by atoms with van der Waals surface area (Å²) in [6, 6.07) is 9.24. The number of para-hydroxylation sites is 1. The van der Waals surface area contributed by atoms with Gasteiger partial charge in [0.15, 0.2) is 11.3 Å². The van der Waals surface area contributed by atoms with Crippen LogP contribution in [-0.4, -0.2) is 44.9 Å². The van der Waals surface area contributed by atoms with Crippen LogP contribution in [0.3, 0.4) is 0 Å². The van der Waals surface area contributed by atoms with Crippen LogP contribution in [0, 0.1) is 13.5 Å². The number of alkyl carbamates (subject to hydrolysis) is 1. The van der Waals surface area contributed by atoms with Crippen LogP contribution in [0.2, 0.25) is 0 Å². The number of anilines is 1. The maximum absolute atomic E-state index is 13.2. The molecule has 1 fully saturated rings. The number of ether oxygens (including phenoxy) is 1. The zero-order chi connectivity index (χ0) is 24.6. The predicted molar refractivity (Wildman–Crippen MR) is 132 cm³/mol. The Bertz CT molecular complexity index is 1340. The Morgan fingerprint density at radius 1 is 1.32 bits per heavy atom. The van der Waals surface area contributed by atoms with Gasteiger partial charge in [-0.15, -0.1) is 0 Å². The lowest BCUT2D eigenvalue weighted by atomic mass is 10.1. The first-order valence-corrected chi connectivity index (χ1v) is 11.3. The monoisotopic (exact) mass is 462 g/mol. The highest BCUT2D eigenvalue weighted by atomic mass is 16.6. The standard InChI is InChI=1S/C25H30N6O3/c1-16-13-20(30-12-11-18(15-30)28-23(32)34-25(2,3)4)21-22(27-16)29(6)24(33)31(21)14-17-9-7-8-10-19(17)26-5/h7-10,13,18H,11-12,14-15H2,1-4,6H3,(H,28,32)/t18-/m1/s1. The third kappa shape index (κ3) is 4.62. The van der Waals surface area contributed by atoms with E-state index in [1.807, 2.05) is 52.0 Å². The van der Waals surface area contributed by atoms with Crippen LogP contribution in [0.5, 0.6) is 0 Å². The molecule has 1 amide bonds. The molecule has 0 aliphatic carbocycles. The van der Waals surface area contributed by atoms with E-state index in [2.05, 4.69) is 20.0 Å². The van der Waals surface area contributed by atoms with Crippen molar-refractivity contribution < 1.29 is 9.53 Å². The molecule has 1 aromatic carbocycles. The minimum Gasteiger partial charge on any atom is -0.444 e. The molecule has 34 heavy (non-hydrogen) atoms. The molecule has 178 valence electrons. The zero-order valence-corrected chi connectivity index (χ0v) is 20.3. The summed E-state index contributed by atoms with van der Waals surface area (Å²) in [4.78, 5) is 35.9. The number of nitrogens with one attached hydrogen (secondary N) is 1. The average Bonchev–Trinajstić information content (AvgIpc) is 3.31. The van der Waals surface area contributed by atoms with E-state index in [1.165, 1.54) is 0 Å². The Labute approximate surface area is 198 Å². The van der Waals surface area contributed by atoms with Gasteiger partial charge in [0.25, 0.3) is 0 Å². The van der Waals surface area contributed by atoms with E-state index >= 15 is 0 Å². The van der Waals surface area contributed by atoms with Gasteiger partial charge < -0.3 is 15.0 Å². The van der Waals surface area contributed by atoms with Crippen LogP contribution >= 0.6 is 0 Å². The fourth-order valence-corrected chi connectivity index (χ4v) is 4.38. The van der Waals surface area contributed by atoms with Gasteiger partial charge in [-0.25, -0.2) is 19.4 Å². The summed E-state index contributed by atoms with van der Waals surface area (Å²) in [6.07, 6.45) is 0.336. The van der Waals surface area contributed by atoms with Gasteiger partial charge in [0.1, 0.15) is 11.1 Å². The van der Waals surface area contributed by atoms with Crippen LogP contribution in [-0.2, 0) is 18.3 Å². The van der Waals surface area contributed by atoms with Crippen molar-refractivity contribution in [3.63, 3.8) is 0 Å². The highest BCUT2D eigenvalue weighted by Gasteiger charge is 2.29. The third-order valence-corrected chi connectivity index (χ3v) is 5.88. The van der Waals surface area contributed by atoms with Gasteiger partial charge in [-0.1, -0.05) is 24.3 Å². The lowest BCUT2D eigenvalue weighted by Gasteiger charge is -2.23. The maximum atomic E-state index is 13.2. The zero-order valence-electron chi connectivity index (χ0n) is 20.3. The van der Waals surface area contributed by atoms with Crippen LogP contribution < -0.4 is 15.9 Å². The number of imidazole rings is 1. The van der Waals surface area contributed by atoms with E-state index in [1.54, 1.807) is 22.2 Å². The van der Waals surface area contributed by atoms with E-state index < -0.39 is 11.7 Å². The summed E-state index contributed by atoms with van der Waals surface area (Å²) in [5.74, 6) is 0. The van der Waals surface area contributed by atoms with Crippen molar-refractivity contribution in [1.29, 1.82) is 0 Å². The van der Waals surface area contributed by atoms with Crippen molar-refractivity contribution in [1.82, 2.24) is 19.4 Å². The summed E-state index contributed by atoms with van der Waals surface area (Å²) in [7, 11) is 1.72. The SMILES string of the molecule is [C-]#[N+]c1ccccc1Cn1c(=O)n(C)c2nc(C)cc(N3CC[C@@H](NC(=O)OC(C)(C)C)C3)c21. The number of nitrogens with zero attached hydrogens (tertiary/aromatic N) is 5. The molecule has 3 heterocycles. The molecule has 3 aromatic rings. The van der Waals surface area contributed by atoms with Crippen molar-refractivity contribution in [2.24, 2.45) is 7.05 Å². The van der Waals surface area contributed by atoms with Crippen molar-refractivity contribution in [2.45, 2.75) is 52.3 Å². The molecule has 1 N–H and O–H groups in total. The van der Waals surface area contributed by atoms with Gasteiger partial charge in [-0.05, 0) is 45.7 Å². The summed E-state index contributed by atoms with van der Waals surface area (Å²) in [5, 5.41) is 2.96. The lowest BCUT2D eigenvalue weighted by molar-refractivity contribution is 0.0509. The van der Waals surface area contributed by atoms with Crippen LogP contribution in [0.25, 0.3) is 16.0 Å². The Balaban J connectivity index is 1.70. The number of aromatic nitrogens is 3. The summed E-state index contributed by atoms with van der Waals surface area (Å²) in [6.45, 7) is 16.5. The first-order chi connectivity index (χ1) is 16.1. The average molecular weight is 463 g/mol. The van der Waals surface area contributed by atoms with Crippen molar-refractivity contribution in [3.05, 3.63) is 63.5 Å². The number of carbonyl (C=O) groups is 1. The molecule has 1 atom stereocenters. The number of benzene rings is 1. The van der Waals surface area contributed by atoms with Gasteiger partial charge in [0.05, 0.1) is 18.3 Å². The topological polar surface area (TPSA) is 85.8 Å². The Kier molecular flexibility index (Phi) is 6.09. The lowest BCUT2D eigenvalue weighted by Crippen LogP contribution is -2.40. The normalized spacial score (nSPS) is 16.0. The summed E-state index contributed by atoms with van der Waals surface area (Å²) < 4.78 is 8.65. The number of pyridine rings is 1. The van der Waals surface area contributed by atoms with Gasteiger partial charge in [0.2, 0.25) is 0 Å². The number of fused-ring (bicyclic) bond motifs is 1. The molecule has 1 saturated heterocycles. The molecule has 2 aromatic heterocycles. The molecular formula is C25H30N6O3. The molecule has 0 spiro atoms. The van der Waals surface area contributed by atoms with Crippen molar-refractivity contribution in [2.75, 3.05) is 18.0 Å². The van der Waals surface area contributed by atoms with E-state index in [9.17, 15) is 9.59 Å². The second-order valence-corrected chi connectivity index (χ2v) is 9.70. The Hall–Kier alpha value is -3.80. The molecule has 9 heteroatoms. The highest BCUT2D eigenvalue weighted by Crippen LogP contribution is 2.30. The van der Waals surface area contributed by atoms with Crippen molar-refractivity contribution in [3.8, 4) is 0 Å². The van der Waals surface area contributed by atoms with Crippen LogP contribution in [0.4, 0.5) is 16.2 Å². The minimum atomic E-state index is -0.557. The Morgan fingerprint density at radius 2 is 2.06 bits per heavy atom. The summed E-state index contributed by atoms with van der Waals surface area (Å²) in [5.41, 5.74) is 3.60. The molecule has 9 nitrogen and oxygen atoms in total. The Morgan fingerprint density at radius 3 is 2.76 bits per heavy atom. The van der Waals surface area contributed by atoms with E-state index in [0.29, 0.717) is 17.9 Å². The number of hydrogen-bond acceptors (Lipinski definition) is 5. The van der Waals surface area contributed by atoms with Gasteiger partial charge >= 0.3 is 11.8 Å². The smallest absolute Gasteiger partial charge is 0.407 e. The first kappa shape index (κ1) is 23.4. The second-order valence-electron chi connectivity index (χ2n) is 9.70. The molecule has 0 bridgehead atoms. The minimum absolute atomic E-state index is 0.0647. The van der Waals surface area contributed by atoms with Gasteiger partial charge in [0, 0.05) is 32.4 Å². The van der Waals surface area contributed by atoms with Gasteiger partial charge in [-0.2, -0.15) is 0 Å².